The van der Waals surface area contributed by atoms with Gasteiger partial charge < -0.3 is 15.2 Å². The van der Waals surface area contributed by atoms with E-state index in [1.54, 1.807) is 6.07 Å². The van der Waals surface area contributed by atoms with Gasteiger partial charge in [-0.25, -0.2) is 4.79 Å². The third-order valence-corrected chi connectivity index (χ3v) is 5.46. The Morgan fingerprint density at radius 3 is 2.15 bits per heavy atom. The number of phenols is 1. The van der Waals surface area contributed by atoms with Gasteiger partial charge >= 0.3 is 18.4 Å². The van der Waals surface area contributed by atoms with Crippen LogP contribution in [0.25, 0.3) is 0 Å². The molecular weight excluding hydrogens is 466 g/mol. The lowest BCUT2D eigenvalue weighted by molar-refractivity contribution is -0.143. The van der Waals surface area contributed by atoms with E-state index < -0.39 is 47.3 Å². The Hall–Kier alpha value is -3.11. The first kappa shape index (κ1) is 25.5. The maximum atomic E-state index is 13.3. The number of carbonyl (C=O) groups is 1. The number of alkyl halides is 6. The largest absolute Gasteiger partial charge is 0.508 e. The first-order valence-electron chi connectivity index (χ1n) is 10.5. The van der Waals surface area contributed by atoms with Crippen molar-refractivity contribution in [1.82, 2.24) is 4.90 Å². The number of nitrogens with zero attached hydrogens (tertiary/aromatic N) is 1. The summed E-state index contributed by atoms with van der Waals surface area (Å²) in [5.41, 5.74) is -2.21. The van der Waals surface area contributed by atoms with Gasteiger partial charge in [0.25, 0.3) is 0 Å². The van der Waals surface area contributed by atoms with Crippen molar-refractivity contribution in [3.8, 4) is 5.75 Å². The van der Waals surface area contributed by atoms with Crippen LogP contribution in [0.1, 0.15) is 49.1 Å². The third-order valence-electron chi connectivity index (χ3n) is 5.46. The van der Waals surface area contributed by atoms with Crippen LogP contribution in [0.4, 0.5) is 36.8 Å². The summed E-state index contributed by atoms with van der Waals surface area (Å²) >= 11 is 0. The Morgan fingerprint density at radius 1 is 1.03 bits per heavy atom. The van der Waals surface area contributed by atoms with E-state index in [4.69, 9.17) is 4.74 Å². The first-order valence-corrected chi connectivity index (χ1v) is 10.5. The number of phenolic OH excluding ortho intramolecular Hbond substituents is 1. The standard InChI is InChI=1S/C23H24F6N2O3/c1-12(2)10-30-19-5-4-18(32)8-15(19)11-31-13(3)20(34-21(31)33)14-6-16(22(24,25)26)9-17(7-14)23(27,28)29/h4-9,12-13,20,30,32H,10-11H2,1-3H3/t13-,20-/m0/s1. The number of nitrogens with one attached hydrogen (secondary N) is 1. The molecule has 2 N–H and O–H groups in total. The molecule has 2 atom stereocenters. The molecule has 1 aliphatic rings. The number of rotatable bonds is 6. The highest BCUT2D eigenvalue weighted by Gasteiger charge is 2.43. The average molecular weight is 490 g/mol. The summed E-state index contributed by atoms with van der Waals surface area (Å²) in [6.45, 7) is 5.98. The van der Waals surface area contributed by atoms with Gasteiger partial charge in [0.15, 0.2) is 0 Å². The van der Waals surface area contributed by atoms with Crippen molar-refractivity contribution in [2.75, 3.05) is 11.9 Å². The summed E-state index contributed by atoms with van der Waals surface area (Å²) in [4.78, 5) is 13.8. The predicted octanol–water partition coefficient (Wildman–Crippen LogP) is 6.58. The summed E-state index contributed by atoms with van der Waals surface area (Å²) in [5, 5.41) is 13.1. The van der Waals surface area contributed by atoms with Crippen molar-refractivity contribution in [3.05, 3.63) is 58.7 Å². The van der Waals surface area contributed by atoms with Crippen LogP contribution in [0, 0.1) is 5.92 Å². The number of hydrogen-bond acceptors (Lipinski definition) is 4. The van der Waals surface area contributed by atoms with E-state index in [0.717, 1.165) is 0 Å². The number of halogens is 6. The maximum Gasteiger partial charge on any atom is 0.416 e. The molecule has 186 valence electrons. The lowest BCUT2D eigenvalue weighted by Crippen LogP contribution is -2.32. The number of anilines is 1. The number of hydrogen-bond donors (Lipinski definition) is 2. The van der Waals surface area contributed by atoms with Crippen molar-refractivity contribution in [2.24, 2.45) is 5.92 Å². The van der Waals surface area contributed by atoms with Crippen molar-refractivity contribution in [3.63, 3.8) is 0 Å². The minimum Gasteiger partial charge on any atom is -0.508 e. The summed E-state index contributed by atoms with van der Waals surface area (Å²) in [6, 6.07) is 4.80. The van der Waals surface area contributed by atoms with Crippen LogP contribution in [-0.4, -0.2) is 28.7 Å². The number of benzene rings is 2. The van der Waals surface area contributed by atoms with Gasteiger partial charge in [-0.2, -0.15) is 26.3 Å². The fraction of sp³-hybridized carbons (Fsp3) is 0.435. The van der Waals surface area contributed by atoms with Crippen LogP contribution in [-0.2, 0) is 23.6 Å². The van der Waals surface area contributed by atoms with Gasteiger partial charge in [-0.3, -0.25) is 4.90 Å². The van der Waals surface area contributed by atoms with Gasteiger partial charge in [0, 0.05) is 12.2 Å². The van der Waals surface area contributed by atoms with Crippen molar-refractivity contribution in [2.45, 2.75) is 51.8 Å². The van der Waals surface area contributed by atoms with E-state index in [1.165, 1.54) is 24.0 Å². The lowest BCUT2D eigenvalue weighted by atomic mass is 9.97. The Kier molecular flexibility index (Phi) is 6.95. The van der Waals surface area contributed by atoms with E-state index in [0.29, 0.717) is 35.8 Å². The summed E-state index contributed by atoms with van der Waals surface area (Å²) in [5.74, 6) is 0.236. The van der Waals surface area contributed by atoms with E-state index in [1.807, 2.05) is 13.8 Å². The zero-order valence-electron chi connectivity index (χ0n) is 18.6. The molecule has 2 aromatic carbocycles. The lowest BCUT2D eigenvalue weighted by Gasteiger charge is -2.24. The molecule has 0 bridgehead atoms. The molecule has 0 saturated carbocycles. The number of aromatic hydroxyl groups is 1. The van der Waals surface area contributed by atoms with Crippen LogP contribution in [0.5, 0.6) is 5.75 Å². The third kappa shape index (κ3) is 5.68. The van der Waals surface area contributed by atoms with Gasteiger partial charge in [0.1, 0.15) is 11.9 Å². The molecule has 11 heteroatoms. The number of cyclic esters (lactones) is 1. The van der Waals surface area contributed by atoms with Gasteiger partial charge in [-0.05, 0) is 60.4 Å². The highest BCUT2D eigenvalue weighted by atomic mass is 19.4. The molecule has 0 aliphatic carbocycles. The normalized spacial score (nSPS) is 19.0. The molecule has 1 fully saturated rings. The molecule has 34 heavy (non-hydrogen) atoms. The van der Waals surface area contributed by atoms with Gasteiger partial charge in [-0.1, -0.05) is 13.8 Å². The van der Waals surface area contributed by atoms with E-state index >= 15 is 0 Å². The molecule has 0 spiro atoms. The number of carbonyl (C=O) groups excluding carboxylic acids is 1. The molecule has 5 nitrogen and oxygen atoms in total. The smallest absolute Gasteiger partial charge is 0.416 e. The maximum absolute atomic E-state index is 13.3. The van der Waals surface area contributed by atoms with Crippen LogP contribution in [0.2, 0.25) is 0 Å². The minimum absolute atomic E-state index is 0.0299. The quantitative estimate of drug-likeness (QED) is 0.355. The number of ether oxygens (including phenoxy) is 1. The minimum atomic E-state index is -5.01. The molecule has 3 rings (SSSR count). The first-order chi connectivity index (χ1) is 15.7. The molecule has 0 aromatic heterocycles. The highest BCUT2D eigenvalue weighted by molar-refractivity contribution is 5.71. The topological polar surface area (TPSA) is 61.8 Å². The van der Waals surface area contributed by atoms with E-state index in [9.17, 15) is 36.2 Å². The molecule has 1 saturated heterocycles. The SMILES string of the molecule is CC(C)CNc1ccc(O)cc1CN1C(=O)O[C@H](c2cc(C(F)(F)F)cc(C(F)(F)F)c2)[C@@H]1C. The fourth-order valence-corrected chi connectivity index (χ4v) is 3.68. The summed E-state index contributed by atoms with van der Waals surface area (Å²) in [6.07, 6.45) is -12.3. The van der Waals surface area contributed by atoms with Crippen molar-refractivity contribution < 1.29 is 41.0 Å². The van der Waals surface area contributed by atoms with Crippen molar-refractivity contribution >= 4 is 11.8 Å². The average Bonchev–Trinajstić information content (AvgIpc) is 3.00. The summed E-state index contributed by atoms with van der Waals surface area (Å²) in [7, 11) is 0. The Morgan fingerprint density at radius 2 is 1.62 bits per heavy atom. The van der Waals surface area contributed by atoms with Gasteiger partial charge in [0.05, 0.1) is 23.7 Å². The second-order valence-electron chi connectivity index (χ2n) is 8.63. The fourth-order valence-electron chi connectivity index (χ4n) is 3.68. The Balaban J connectivity index is 1.93. The van der Waals surface area contributed by atoms with Crippen LogP contribution in [0.3, 0.4) is 0 Å². The Bertz CT molecular complexity index is 1020. The van der Waals surface area contributed by atoms with Gasteiger partial charge in [0.2, 0.25) is 0 Å². The second-order valence-corrected chi connectivity index (χ2v) is 8.63. The zero-order valence-corrected chi connectivity index (χ0v) is 18.6. The van der Waals surface area contributed by atoms with Crippen LogP contribution in [0.15, 0.2) is 36.4 Å². The van der Waals surface area contributed by atoms with E-state index in [2.05, 4.69) is 5.32 Å². The molecule has 1 amide bonds. The number of amides is 1. The predicted molar refractivity (Wildman–Crippen MR) is 112 cm³/mol. The molecule has 1 aliphatic heterocycles. The van der Waals surface area contributed by atoms with Crippen LogP contribution >= 0.6 is 0 Å². The molecule has 0 radical (unpaired) electrons. The monoisotopic (exact) mass is 490 g/mol. The van der Waals surface area contributed by atoms with Crippen LogP contribution < -0.4 is 5.32 Å². The zero-order chi connectivity index (χ0) is 25.4. The molecule has 2 aromatic rings. The highest BCUT2D eigenvalue weighted by Crippen LogP contribution is 2.41. The Labute approximate surface area is 192 Å². The molecule has 1 heterocycles. The van der Waals surface area contributed by atoms with E-state index in [-0.39, 0.29) is 18.4 Å². The van der Waals surface area contributed by atoms with Gasteiger partial charge in [-0.15, -0.1) is 0 Å². The van der Waals surface area contributed by atoms with Crippen molar-refractivity contribution in [1.29, 1.82) is 0 Å². The summed E-state index contributed by atoms with van der Waals surface area (Å²) < 4.78 is 84.8. The molecular formula is C23H24F6N2O3. The second kappa shape index (κ2) is 9.27. The molecule has 0 unspecified atom stereocenters.